The zero-order valence-electron chi connectivity index (χ0n) is 12.2. The molecule has 0 aromatic heterocycles. The molecular formula is C14H14ClF2NO6. The minimum Gasteiger partial charge on any atom is -0.484 e. The van der Waals surface area contributed by atoms with Crippen molar-refractivity contribution in [2.24, 2.45) is 0 Å². The summed E-state index contributed by atoms with van der Waals surface area (Å²) in [5.41, 5.74) is -0.321. The lowest BCUT2D eigenvalue weighted by molar-refractivity contribution is -0.211. The van der Waals surface area contributed by atoms with Gasteiger partial charge in [0, 0.05) is 5.56 Å². The number of halogens is 3. The van der Waals surface area contributed by atoms with E-state index < -0.39 is 30.6 Å². The summed E-state index contributed by atoms with van der Waals surface area (Å²) in [6.45, 7) is -0.404. The van der Waals surface area contributed by atoms with Gasteiger partial charge in [0.2, 0.25) is 0 Å². The van der Waals surface area contributed by atoms with Crippen LogP contribution in [0.5, 0.6) is 5.75 Å². The third kappa shape index (κ3) is 5.02. The van der Waals surface area contributed by atoms with E-state index in [0.29, 0.717) is 0 Å². The van der Waals surface area contributed by atoms with Crippen molar-refractivity contribution in [1.82, 2.24) is 5.32 Å². The second-order valence-corrected chi connectivity index (χ2v) is 5.28. The summed E-state index contributed by atoms with van der Waals surface area (Å²) < 4.78 is 40.1. The molecule has 1 heterocycles. The standard InChI is InChI=1S/C14H14ClF2NO6/c15-10-3-8(1-2-9(10)12(16)17)22-6-11(19)18-7-4-23-14(13(20)21)24-5-7/h1-3,7,12,14H,4-6H2,(H,18,19)(H,20,21). The van der Waals surface area contributed by atoms with Crippen LogP contribution in [0.2, 0.25) is 5.02 Å². The van der Waals surface area contributed by atoms with Crippen LogP contribution in [-0.2, 0) is 19.1 Å². The maximum Gasteiger partial charge on any atom is 0.361 e. The third-order valence-corrected chi connectivity index (χ3v) is 3.37. The Morgan fingerprint density at radius 1 is 1.38 bits per heavy atom. The SMILES string of the molecule is O=C(COc1ccc(C(F)F)c(Cl)c1)NC1COC(C(=O)O)OC1. The van der Waals surface area contributed by atoms with E-state index in [0.717, 1.165) is 6.07 Å². The summed E-state index contributed by atoms with van der Waals surface area (Å²) in [6.07, 6.45) is -4.04. The van der Waals surface area contributed by atoms with Crippen molar-refractivity contribution in [3.63, 3.8) is 0 Å². The molecule has 0 spiro atoms. The van der Waals surface area contributed by atoms with Crippen LogP contribution < -0.4 is 10.1 Å². The van der Waals surface area contributed by atoms with Crippen LogP contribution in [0.4, 0.5) is 8.78 Å². The molecule has 0 aliphatic carbocycles. The number of aliphatic carboxylic acids is 1. The van der Waals surface area contributed by atoms with Gasteiger partial charge in [0.15, 0.2) is 6.61 Å². The van der Waals surface area contributed by atoms with E-state index in [1.165, 1.54) is 12.1 Å². The molecule has 1 aromatic rings. The van der Waals surface area contributed by atoms with E-state index in [-0.39, 0.29) is 36.2 Å². The molecule has 0 atom stereocenters. The van der Waals surface area contributed by atoms with Gasteiger partial charge in [-0.3, -0.25) is 4.79 Å². The van der Waals surface area contributed by atoms with Crippen LogP contribution in [0, 0.1) is 0 Å². The topological polar surface area (TPSA) is 94.1 Å². The Labute approximate surface area is 140 Å². The molecule has 10 heteroatoms. The monoisotopic (exact) mass is 365 g/mol. The highest BCUT2D eigenvalue weighted by atomic mass is 35.5. The van der Waals surface area contributed by atoms with Gasteiger partial charge < -0.3 is 24.6 Å². The molecule has 0 bridgehead atoms. The molecule has 1 aliphatic heterocycles. The number of hydrogen-bond acceptors (Lipinski definition) is 5. The maximum atomic E-state index is 12.6. The minimum atomic E-state index is -2.70. The Kier molecular flexibility index (Phi) is 6.29. The predicted octanol–water partition coefficient (Wildman–Crippen LogP) is 1.60. The van der Waals surface area contributed by atoms with Crippen LogP contribution in [0.15, 0.2) is 18.2 Å². The molecule has 2 N–H and O–H groups in total. The van der Waals surface area contributed by atoms with Crippen LogP contribution in [0.1, 0.15) is 12.0 Å². The van der Waals surface area contributed by atoms with Crippen molar-refractivity contribution < 1.29 is 37.7 Å². The fraction of sp³-hybridized carbons (Fsp3) is 0.429. The summed E-state index contributed by atoms with van der Waals surface area (Å²) in [5.74, 6) is -1.58. The molecule has 1 aliphatic rings. The van der Waals surface area contributed by atoms with Crippen molar-refractivity contribution in [2.45, 2.75) is 18.8 Å². The van der Waals surface area contributed by atoms with Crippen LogP contribution in [0.3, 0.4) is 0 Å². The van der Waals surface area contributed by atoms with Gasteiger partial charge in [0.05, 0.1) is 24.3 Å². The highest BCUT2D eigenvalue weighted by Gasteiger charge is 2.28. The summed E-state index contributed by atoms with van der Waals surface area (Å²) in [5, 5.41) is 11.1. The number of amides is 1. The Hall–Kier alpha value is -1.97. The van der Waals surface area contributed by atoms with E-state index in [1.807, 2.05) is 0 Å². The van der Waals surface area contributed by atoms with Gasteiger partial charge in [-0.2, -0.15) is 0 Å². The third-order valence-electron chi connectivity index (χ3n) is 3.04. The maximum absolute atomic E-state index is 12.6. The normalized spacial score (nSPS) is 20.7. The number of ether oxygens (including phenoxy) is 3. The van der Waals surface area contributed by atoms with Crippen molar-refractivity contribution in [1.29, 1.82) is 0 Å². The molecule has 0 saturated carbocycles. The highest BCUT2D eigenvalue weighted by Crippen LogP contribution is 2.30. The Morgan fingerprint density at radius 2 is 2.04 bits per heavy atom. The number of hydrogen-bond donors (Lipinski definition) is 2. The number of rotatable bonds is 6. The van der Waals surface area contributed by atoms with E-state index in [1.54, 1.807) is 0 Å². The van der Waals surface area contributed by atoms with Crippen LogP contribution >= 0.6 is 11.6 Å². The zero-order valence-corrected chi connectivity index (χ0v) is 13.0. The fourth-order valence-electron chi connectivity index (χ4n) is 1.92. The van der Waals surface area contributed by atoms with Crippen molar-refractivity contribution in [3.05, 3.63) is 28.8 Å². The average Bonchev–Trinajstić information content (AvgIpc) is 2.53. The molecule has 24 heavy (non-hydrogen) atoms. The summed E-state index contributed by atoms with van der Waals surface area (Å²) in [7, 11) is 0. The lowest BCUT2D eigenvalue weighted by Gasteiger charge is -2.27. The van der Waals surface area contributed by atoms with Gasteiger partial charge in [-0.05, 0) is 18.2 Å². The van der Waals surface area contributed by atoms with E-state index in [9.17, 15) is 18.4 Å². The number of carbonyl (C=O) groups is 2. The number of carboxylic acids is 1. The quantitative estimate of drug-likeness (QED) is 0.795. The molecule has 1 aromatic carbocycles. The predicted molar refractivity (Wildman–Crippen MR) is 77.2 cm³/mol. The van der Waals surface area contributed by atoms with E-state index in [4.69, 9.17) is 30.9 Å². The number of carbonyl (C=O) groups excluding carboxylic acids is 1. The van der Waals surface area contributed by atoms with Gasteiger partial charge in [0.25, 0.3) is 18.6 Å². The van der Waals surface area contributed by atoms with Gasteiger partial charge in [-0.15, -0.1) is 0 Å². The molecule has 2 rings (SSSR count). The van der Waals surface area contributed by atoms with Crippen LogP contribution in [-0.4, -0.2) is 49.1 Å². The average molecular weight is 366 g/mol. The number of nitrogens with one attached hydrogen (secondary N) is 1. The summed E-state index contributed by atoms with van der Waals surface area (Å²) >= 11 is 5.69. The molecule has 7 nitrogen and oxygen atoms in total. The first kappa shape index (κ1) is 18.4. The number of alkyl halides is 2. The summed E-state index contributed by atoms with van der Waals surface area (Å²) in [6, 6.07) is 3.09. The first-order valence-corrected chi connectivity index (χ1v) is 7.20. The Bertz CT molecular complexity index is 607. The van der Waals surface area contributed by atoms with Gasteiger partial charge >= 0.3 is 5.97 Å². The molecule has 0 radical (unpaired) electrons. The second-order valence-electron chi connectivity index (χ2n) is 4.87. The molecule has 132 valence electrons. The van der Waals surface area contributed by atoms with E-state index in [2.05, 4.69) is 5.32 Å². The Morgan fingerprint density at radius 3 is 2.58 bits per heavy atom. The van der Waals surface area contributed by atoms with Crippen LogP contribution in [0.25, 0.3) is 0 Å². The molecule has 1 fully saturated rings. The highest BCUT2D eigenvalue weighted by molar-refractivity contribution is 6.31. The summed E-state index contributed by atoms with van der Waals surface area (Å²) in [4.78, 5) is 22.4. The molecular weight excluding hydrogens is 352 g/mol. The van der Waals surface area contributed by atoms with Crippen molar-refractivity contribution in [3.8, 4) is 5.75 Å². The molecule has 0 unspecified atom stereocenters. The lowest BCUT2D eigenvalue weighted by atomic mass is 10.2. The van der Waals surface area contributed by atoms with Gasteiger partial charge in [0.1, 0.15) is 5.75 Å². The Balaban J connectivity index is 1.77. The van der Waals surface area contributed by atoms with Crippen molar-refractivity contribution >= 4 is 23.5 Å². The zero-order chi connectivity index (χ0) is 17.7. The first-order chi connectivity index (χ1) is 11.4. The van der Waals surface area contributed by atoms with Gasteiger partial charge in [-0.25, -0.2) is 13.6 Å². The minimum absolute atomic E-state index is 0.0162. The smallest absolute Gasteiger partial charge is 0.361 e. The van der Waals surface area contributed by atoms with Gasteiger partial charge in [-0.1, -0.05) is 11.6 Å². The fourth-order valence-corrected chi connectivity index (χ4v) is 2.18. The first-order valence-electron chi connectivity index (χ1n) is 6.82. The molecule has 1 amide bonds. The molecule has 1 saturated heterocycles. The second kappa shape index (κ2) is 8.22. The number of benzene rings is 1. The van der Waals surface area contributed by atoms with E-state index >= 15 is 0 Å². The largest absolute Gasteiger partial charge is 0.484 e. The number of carboxylic acid groups (broad SMARTS) is 1. The lowest BCUT2D eigenvalue weighted by Crippen LogP contribution is -2.49. The van der Waals surface area contributed by atoms with Crippen molar-refractivity contribution in [2.75, 3.05) is 19.8 Å².